The largest absolute Gasteiger partial charge is 0.370 e. The molecular weight excluding hydrogens is 346 g/mol. The standard InChI is InChI=1S/C20H19N3O4/c24-18(22-10-11-27-17(13-22)14-4-2-1-3-5-14)7-9-23-19(25)15-6-8-21-12-16(15)20(23)26/h1-6,8,12,17H,7,9-11,13H2/t17-/m1/s1. The van der Waals surface area contributed by atoms with E-state index in [0.717, 1.165) is 10.5 Å². The van der Waals surface area contributed by atoms with E-state index in [1.807, 2.05) is 30.3 Å². The second-order valence-corrected chi connectivity index (χ2v) is 6.54. The third-order valence-electron chi connectivity index (χ3n) is 4.91. The van der Waals surface area contributed by atoms with Crippen LogP contribution in [0.15, 0.2) is 48.8 Å². The summed E-state index contributed by atoms with van der Waals surface area (Å²) < 4.78 is 5.78. The highest BCUT2D eigenvalue weighted by atomic mass is 16.5. The molecule has 1 fully saturated rings. The van der Waals surface area contributed by atoms with Gasteiger partial charge in [0, 0.05) is 31.9 Å². The summed E-state index contributed by atoms with van der Waals surface area (Å²) in [5.74, 6) is -0.844. The van der Waals surface area contributed by atoms with Gasteiger partial charge in [0.25, 0.3) is 11.8 Å². The zero-order valence-corrected chi connectivity index (χ0v) is 14.7. The molecule has 0 bridgehead atoms. The first-order chi connectivity index (χ1) is 13.1. The first kappa shape index (κ1) is 17.4. The van der Waals surface area contributed by atoms with E-state index < -0.39 is 0 Å². The molecule has 1 aromatic heterocycles. The van der Waals surface area contributed by atoms with Crippen molar-refractivity contribution in [1.82, 2.24) is 14.8 Å². The van der Waals surface area contributed by atoms with Crippen molar-refractivity contribution in [3.05, 3.63) is 65.5 Å². The Morgan fingerprint density at radius 2 is 1.89 bits per heavy atom. The molecule has 7 heteroatoms. The van der Waals surface area contributed by atoms with Crippen LogP contribution in [0.2, 0.25) is 0 Å². The highest BCUT2D eigenvalue weighted by molar-refractivity contribution is 6.21. The number of carbonyl (C=O) groups is 3. The Morgan fingerprint density at radius 1 is 1.11 bits per heavy atom. The maximum absolute atomic E-state index is 12.6. The molecule has 0 aliphatic carbocycles. The van der Waals surface area contributed by atoms with Crippen LogP contribution in [0.1, 0.15) is 38.8 Å². The minimum Gasteiger partial charge on any atom is -0.370 e. The van der Waals surface area contributed by atoms with Gasteiger partial charge < -0.3 is 9.64 Å². The highest BCUT2D eigenvalue weighted by Crippen LogP contribution is 2.24. The SMILES string of the molecule is O=C(CCN1C(=O)c2ccncc2C1=O)N1CCO[C@@H](c2ccccc2)C1. The fourth-order valence-corrected chi connectivity index (χ4v) is 3.45. The molecule has 2 aromatic rings. The monoisotopic (exact) mass is 365 g/mol. The van der Waals surface area contributed by atoms with Gasteiger partial charge in [-0.25, -0.2) is 0 Å². The first-order valence-corrected chi connectivity index (χ1v) is 8.89. The molecule has 7 nitrogen and oxygen atoms in total. The van der Waals surface area contributed by atoms with E-state index in [1.54, 1.807) is 4.90 Å². The molecule has 27 heavy (non-hydrogen) atoms. The minimum atomic E-state index is -0.389. The molecule has 1 atom stereocenters. The maximum Gasteiger partial charge on any atom is 0.263 e. The van der Waals surface area contributed by atoms with E-state index in [9.17, 15) is 14.4 Å². The lowest BCUT2D eigenvalue weighted by molar-refractivity contribution is -0.139. The number of aromatic nitrogens is 1. The average Bonchev–Trinajstić information content (AvgIpc) is 2.97. The Kier molecular flexibility index (Phi) is 4.68. The van der Waals surface area contributed by atoms with E-state index in [-0.39, 0.29) is 36.8 Å². The maximum atomic E-state index is 12.6. The van der Waals surface area contributed by atoms with Crippen LogP contribution in [0.3, 0.4) is 0 Å². The summed E-state index contributed by atoms with van der Waals surface area (Å²) in [4.78, 5) is 44.1. The van der Waals surface area contributed by atoms with E-state index in [4.69, 9.17) is 4.74 Å². The van der Waals surface area contributed by atoms with Crippen molar-refractivity contribution in [3.8, 4) is 0 Å². The molecule has 0 saturated carbocycles. The molecule has 0 spiro atoms. The molecule has 1 saturated heterocycles. The normalized spacial score (nSPS) is 19.3. The summed E-state index contributed by atoms with van der Waals surface area (Å²) in [5, 5.41) is 0. The topological polar surface area (TPSA) is 79.8 Å². The number of morpholine rings is 1. The molecular formula is C20H19N3O4. The molecule has 2 aliphatic rings. The van der Waals surface area contributed by atoms with Crippen molar-refractivity contribution in [2.45, 2.75) is 12.5 Å². The third-order valence-corrected chi connectivity index (χ3v) is 4.91. The van der Waals surface area contributed by atoms with Crippen LogP contribution in [0.5, 0.6) is 0 Å². The zero-order valence-electron chi connectivity index (χ0n) is 14.7. The van der Waals surface area contributed by atoms with Crippen molar-refractivity contribution in [3.63, 3.8) is 0 Å². The summed E-state index contributed by atoms with van der Waals surface area (Å²) >= 11 is 0. The average molecular weight is 365 g/mol. The zero-order chi connectivity index (χ0) is 18.8. The second kappa shape index (κ2) is 7.28. The van der Waals surface area contributed by atoms with Gasteiger partial charge in [0.15, 0.2) is 0 Å². The Bertz CT molecular complexity index is 849. The van der Waals surface area contributed by atoms with Crippen molar-refractivity contribution in [1.29, 1.82) is 0 Å². The number of amides is 3. The second-order valence-electron chi connectivity index (χ2n) is 6.54. The molecule has 1 aromatic carbocycles. The predicted molar refractivity (Wildman–Crippen MR) is 95.9 cm³/mol. The molecule has 4 rings (SSSR count). The molecule has 3 amide bonds. The number of benzene rings is 1. The van der Waals surface area contributed by atoms with Crippen LogP contribution in [-0.2, 0) is 9.53 Å². The summed E-state index contributed by atoms with van der Waals surface area (Å²) in [5.41, 5.74) is 1.67. The lowest BCUT2D eigenvalue weighted by atomic mass is 10.1. The van der Waals surface area contributed by atoms with Crippen molar-refractivity contribution < 1.29 is 19.1 Å². The summed E-state index contributed by atoms with van der Waals surface area (Å²) in [6, 6.07) is 11.3. The smallest absolute Gasteiger partial charge is 0.263 e. The van der Waals surface area contributed by atoms with Gasteiger partial charge in [-0.15, -0.1) is 0 Å². The van der Waals surface area contributed by atoms with E-state index in [1.165, 1.54) is 18.5 Å². The molecule has 2 aliphatic heterocycles. The molecule has 0 unspecified atom stereocenters. The first-order valence-electron chi connectivity index (χ1n) is 8.89. The Hall–Kier alpha value is -3.06. The number of hydrogen-bond donors (Lipinski definition) is 0. The van der Waals surface area contributed by atoms with Crippen molar-refractivity contribution >= 4 is 17.7 Å². The minimum absolute atomic E-state index is 0.0680. The number of hydrogen-bond acceptors (Lipinski definition) is 5. The van der Waals surface area contributed by atoms with Gasteiger partial charge >= 0.3 is 0 Å². The fraction of sp³-hybridized carbons (Fsp3) is 0.300. The van der Waals surface area contributed by atoms with Gasteiger partial charge in [-0.1, -0.05) is 30.3 Å². The number of ether oxygens (including phenoxy) is 1. The number of fused-ring (bicyclic) bond motifs is 1. The van der Waals surface area contributed by atoms with Crippen LogP contribution >= 0.6 is 0 Å². The summed E-state index contributed by atoms with van der Waals surface area (Å²) in [7, 11) is 0. The quantitative estimate of drug-likeness (QED) is 0.770. The third kappa shape index (κ3) is 3.33. The number of pyridine rings is 1. The van der Waals surface area contributed by atoms with Gasteiger partial charge in [-0.3, -0.25) is 24.3 Å². The lowest BCUT2D eigenvalue weighted by Gasteiger charge is -2.33. The molecule has 0 radical (unpaired) electrons. The van der Waals surface area contributed by atoms with Gasteiger partial charge in [0.05, 0.1) is 24.3 Å². The lowest BCUT2D eigenvalue weighted by Crippen LogP contribution is -2.43. The molecule has 138 valence electrons. The highest BCUT2D eigenvalue weighted by Gasteiger charge is 2.36. The van der Waals surface area contributed by atoms with Gasteiger partial charge in [0.1, 0.15) is 6.10 Å². The number of carbonyl (C=O) groups excluding carboxylic acids is 3. The number of rotatable bonds is 4. The van der Waals surface area contributed by atoms with E-state index >= 15 is 0 Å². The van der Waals surface area contributed by atoms with Gasteiger partial charge in [-0.2, -0.15) is 0 Å². The Balaban J connectivity index is 1.37. The van der Waals surface area contributed by atoms with Crippen LogP contribution < -0.4 is 0 Å². The Morgan fingerprint density at radius 3 is 2.67 bits per heavy atom. The predicted octanol–water partition coefficient (Wildman–Crippen LogP) is 1.67. The van der Waals surface area contributed by atoms with Crippen molar-refractivity contribution in [2.75, 3.05) is 26.2 Å². The van der Waals surface area contributed by atoms with Gasteiger partial charge in [-0.05, 0) is 11.6 Å². The van der Waals surface area contributed by atoms with Crippen LogP contribution in [0, 0.1) is 0 Å². The van der Waals surface area contributed by atoms with Crippen LogP contribution in [0.4, 0.5) is 0 Å². The van der Waals surface area contributed by atoms with E-state index in [2.05, 4.69) is 4.98 Å². The fourth-order valence-electron chi connectivity index (χ4n) is 3.45. The Labute approximate surface area is 156 Å². The van der Waals surface area contributed by atoms with Crippen LogP contribution in [0.25, 0.3) is 0 Å². The van der Waals surface area contributed by atoms with Crippen LogP contribution in [-0.4, -0.2) is 58.7 Å². The van der Waals surface area contributed by atoms with Gasteiger partial charge in [0.2, 0.25) is 5.91 Å². The molecule has 3 heterocycles. The number of nitrogens with zero attached hydrogens (tertiary/aromatic N) is 3. The molecule has 0 N–H and O–H groups in total. The summed E-state index contributed by atoms with van der Waals surface area (Å²) in [6.07, 6.45) is 2.81. The van der Waals surface area contributed by atoms with Crippen molar-refractivity contribution in [2.24, 2.45) is 0 Å². The summed E-state index contributed by atoms with van der Waals surface area (Å²) in [6.45, 7) is 1.51. The van der Waals surface area contributed by atoms with E-state index in [0.29, 0.717) is 30.8 Å². The number of imide groups is 1.